The summed E-state index contributed by atoms with van der Waals surface area (Å²) in [5.74, 6) is 0. The number of hydrogen-bond acceptors (Lipinski definition) is 3. The lowest BCUT2D eigenvalue weighted by atomic mass is 10.1. The van der Waals surface area contributed by atoms with Crippen molar-refractivity contribution in [3.05, 3.63) is 88.9 Å². The highest BCUT2D eigenvalue weighted by atomic mass is 35.5. The number of aryl methyl sites for hydroxylation is 1. The molecule has 0 bridgehead atoms. The van der Waals surface area contributed by atoms with E-state index in [1.54, 1.807) is 29.2 Å². The molecule has 1 aliphatic heterocycles. The van der Waals surface area contributed by atoms with Crippen molar-refractivity contribution in [1.29, 1.82) is 0 Å². The van der Waals surface area contributed by atoms with Crippen LogP contribution in [0.2, 0.25) is 5.02 Å². The predicted molar refractivity (Wildman–Crippen MR) is 128 cm³/mol. The summed E-state index contributed by atoms with van der Waals surface area (Å²) in [5, 5.41) is 0.468. The van der Waals surface area contributed by atoms with E-state index in [2.05, 4.69) is 10.8 Å². The fourth-order valence-electron chi connectivity index (χ4n) is 3.74. The molecule has 2 amide bonds. The first-order chi connectivity index (χ1) is 15.3. The first-order valence-electron chi connectivity index (χ1n) is 10.3. The van der Waals surface area contributed by atoms with Crippen molar-refractivity contribution in [2.24, 2.45) is 0 Å². The lowest BCUT2D eigenvalue weighted by Crippen LogP contribution is -2.49. The van der Waals surface area contributed by atoms with Gasteiger partial charge in [-0.05, 0) is 67.4 Å². The number of halogens is 1. The van der Waals surface area contributed by atoms with Crippen LogP contribution in [-0.4, -0.2) is 32.4 Å². The Morgan fingerprint density at radius 1 is 0.969 bits per heavy atom. The van der Waals surface area contributed by atoms with Gasteiger partial charge in [-0.2, -0.15) is 0 Å². The second kappa shape index (κ2) is 9.22. The maximum absolute atomic E-state index is 13.1. The summed E-state index contributed by atoms with van der Waals surface area (Å²) in [6.45, 7) is 3.94. The fraction of sp³-hybridized carbons (Fsp3) is 0.208. The Bertz CT molecular complexity index is 1210. The molecule has 0 aromatic heterocycles. The van der Waals surface area contributed by atoms with Crippen LogP contribution in [0.3, 0.4) is 0 Å². The molecule has 3 aromatic rings. The highest BCUT2D eigenvalue weighted by Crippen LogP contribution is 2.25. The average Bonchev–Trinajstić information content (AvgIpc) is 2.76. The Kier molecular flexibility index (Phi) is 6.39. The number of amides is 2. The quantitative estimate of drug-likeness (QED) is 0.533. The van der Waals surface area contributed by atoms with Crippen molar-refractivity contribution in [2.45, 2.75) is 24.8 Å². The number of sulfonamides is 1. The van der Waals surface area contributed by atoms with E-state index in [1.165, 1.54) is 29.8 Å². The van der Waals surface area contributed by atoms with Gasteiger partial charge >= 0.3 is 6.03 Å². The van der Waals surface area contributed by atoms with Crippen molar-refractivity contribution in [3.63, 3.8) is 0 Å². The van der Waals surface area contributed by atoms with Gasteiger partial charge in [-0.25, -0.2) is 13.2 Å². The zero-order valence-electron chi connectivity index (χ0n) is 17.7. The Morgan fingerprint density at radius 3 is 2.38 bits per heavy atom. The van der Waals surface area contributed by atoms with Gasteiger partial charge in [0.1, 0.15) is 0 Å². The molecule has 1 heterocycles. The third-order valence-electron chi connectivity index (χ3n) is 5.32. The molecule has 166 valence electrons. The molecule has 32 heavy (non-hydrogen) atoms. The minimum absolute atomic E-state index is 0.0488. The first kappa shape index (κ1) is 22.2. The number of rotatable bonds is 6. The minimum Gasteiger partial charge on any atom is -0.320 e. The molecule has 0 spiro atoms. The van der Waals surface area contributed by atoms with Gasteiger partial charge in [0.2, 0.25) is 0 Å². The molecular formula is C24H24ClN3O3S. The smallest absolute Gasteiger partial charge is 0.320 e. The summed E-state index contributed by atoms with van der Waals surface area (Å²) < 4.78 is 27.7. The van der Waals surface area contributed by atoms with E-state index < -0.39 is 10.0 Å². The zero-order valence-corrected chi connectivity index (χ0v) is 19.2. The van der Waals surface area contributed by atoms with E-state index in [4.69, 9.17) is 11.6 Å². The summed E-state index contributed by atoms with van der Waals surface area (Å²) >= 11 is 5.84. The third-order valence-corrected chi connectivity index (χ3v) is 6.97. The van der Waals surface area contributed by atoms with Crippen LogP contribution in [0, 0.1) is 6.92 Å². The van der Waals surface area contributed by atoms with Crippen LogP contribution < -0.4 is 9.62 Å². The second-order valence-corrected chi connectivity index (χ2v) is 9.92. The molecule has 0 atom stereocenters. The SMILES string of the molecule is Cc1cccc(CN2CCCN(c3ccc(NS(=O)(=O)c4ccc(Cl)cc4)cc3)C2=O)c1. The number of urea groups is 1. The summed E-state index contributed by atoms with van der Waals surface area (Å²) in [7, 11) is -3.72. The number of nitrogens with zero attached hydrogens (tertiary/aromatic N) is 2. The number of carbonyl (C=O) groups excluding carboxylic acids is 1. The van der Waals surface area contributed by atoms with Crippen molar-refractivity contribution in [1.82, 2.24) is 4.90 Å². The van der Waals surface area contributed by atoms with Crippen LogP contribution in [0.4, 0.5) is 16.2 Å². The molecule has 4 rings (SSSR count). The number of benzene rings is 3. The molecule has 0 unspecified atom stereocenters. The largest absolute Gasteiger partial charge is 0.324 e. The molecule has 0 aliphatic carbocycles. The monoisotopic (exact) mass is 469 g/mol. The molecule has 1 fully saturated rings. The summed E-state index contributed by atoms with van der Waals surface area (Å²) in [6.07, 6.45) is 0.864. The van der Waals surface area contributed by atoms with Gasteiger partial charge in [0.15, 0.2) is 0 Å². The van der Waals surface area contributed by atoms with Crippen LogP contribution in [0.15, 0.2) is 77.7 Å². The van der Waals surface area contributed by atoms with Gasteiger partial charge in [-0.15, -0.1) is 0 Å². The number of nitrogens with one attached hydrogen (secondary N) is 1. The normalized spacial score (nSPS) is 14.5. The third kappa shape index (κ3) is 5.06. The van der Waals surface area contributed by atoms with Crippen LogP contribution in [0.5, 0.6) is 0 Å². The Labute approximate surface area is 193 Å². The van der Waals surface area contributed by atoms with Gasteiger partial charge in [0.05, 0.1) is 4.90 Å². The van der Waals surface area contributed by atoms with Crippen LogP contribution in [-0.2, 0) is 16.6 Å². The fourth-order valence-corrected chi connectivity index (χ4v) is 4.92. The highest BCUT2D eigenvalue weighted by molar-refractivity contribution is 7.92. The lowest BCUT2D eigenvalue weighted by molar-refractivity contribution is 0.192. The highest BCUT2D eigenvalue weighted by Gasteiger charge is 2.27. The lowest BCUT2D eigenvalue weighted by Gasteiger charge is -2.35. The molecule has 0 radical (unpaired) electrons. The predicted octanol–water partition coefficient (Wildman–Crippen LogP) is 5.28. The van der Waals surface area contributed by atoms with Gasteiger partial charge in [0, 0.05) is 36.0 Å². The maximum Gasteiger partial charge on any atom is 0.324 e. The van der Waals surface area contributed by atoms with Gasteiger partial charge in [-0.1, -0.05) is 41.4 Å². The van der Waals surface area contributed by atoms with Crippen LogP contribution >= 0.6 is 11.6 Å². The summed E-state index contributed by atoms with van der Waals surface area (Å²) in [6, 6.07) is 20.9. The number of hydrogen-bond donors (Lipinski definition) is 1. The van der Waals surface area contributed by atoms with E-state index in [0.717, 1.165) is 17.7 Å². The van der Waals surface area contributed by atoms with Crippen LogP contribution in [0.1, 0.15) is 17.5 Å². The second-order valence-electron chi connectivity index (χ2n) is 7.80. The first-order valence-corrected chi connectivity index (χ1v) is 12.2. The molecule has 6 nitrogen and oxygen atoms in total. The maximum atomic E-state index is 13.1. The molecule has 1 aliphatic rings. The number of carbonyl (C=O) groups is 1. The van der Waals surface area contributed by atoms with Gasteiger partial charge in [0.25, 0.3) is 10.0 Å². The molecule has 1 N–H and O–H groups in total. The topological polar surface area (TPSA) is 69.7 Å². The molecule has 8 heteroatoms. The Hall–Kier alpha value is -3.03. The van der Waals surface area contributed by atoms with E-state index >= 15 is 0 Å². The average molecular weight is 470 g/mol. The van der Waals surface area contributed by atoms with Crippen molar-refractivity contribution >= 4 is 39.0 Å². The summed E-state index contributed by atoms with van der Waals surface area (Å²) in [4.78, 5) is 16.8. The Balaban J connectivity index is 1.46. The molecule has 0 saturated carbocycles. The molecular weight excluding hydrogens is 446 g/mol. The van der Waals surface area contributed by atoms with E-state index in [1.807, 2.05) is 30.0 Å². The standard InChI is InChI=1S/C24H24ClN3O3S/c1-18-4-2-5-19(16-18)17-27-14-3-15-28(24(27)29)22-10-8-21(9-11-22)26-32(30,31)23-12-6-20(25)7-13-23/h2,4-13,16,26H,3,14-15,17H2,1H3. The molecule has 3 aromatic carbocycles. The van der Waals surface area contributed by atoms with E-state index in [9.17, 15) is 13.2 Å². The van der Waals surface area contributed by atoms with E-state index in [-0.39, 0.29) is 10.9 Å². The van der Waals surface area contributed by atoms with Crippen molar-refractivity contribution in [2.75, 3.05) is 22.7 Å². The van der Waals surface area contributed by atoms with Gasteiger partial charge < -0.3 is 4.90 Å². The van der Waals surface area contributed by atoms with Crippen molar-refractivity contribution in [3.8, 4) is 0 Å². The number of anilines is 2. The van der Waals surface area contributed by atoms with Crippen molar-refractivity contribution < 1.29 is 13.2 Å². The van der Waals surface area contributed by atoms with Gasteiger partial charge in [-0.3, -0.25) is 9.62 Å². The Morgan fingerprint density at radius 2 is 1.69 bits per heavy atom. The van der Waals surface area contributed by atoms with E-state index in [0.29, 0.717) is 30.3 Å². The summed E-state index contributed by atoms with van der Waals surface area (Å²) in [5.41, 5.74) is 3.43. The van der Waals surface area contributed by atoms with Crippen LogP contribution in [0.25, 0.3) is 0 Å². The minimum atomic E-state index is -3.72. The molecule has 1 saturated heterocycles. The zero-order chi connectivity index (χ0) is 22.7.